The van der Waals surface area contributed by atoms with Crippen molar-refractivity contribution in [2.45, 2.75) is 26.2 Å². The monoisotopic (exact) mass is 298 g/mol. The molecule has 4 heteroatoms. The number of Topliss-reactive ketones (excluding diaryl/α,β-unsaturated/α-hetero) is 1. The van der Waals surface area contributed by atoms with Gasteiger partial charge in [0.2, 0.25) is 0 Å². The second kappa shape index (κ2) is 5.13. The van der Waals surface area contributed by atoms with Crippen molar-refractivity contribution >= 4 is 22.5 Å². The predicted octanol–water partition coefficient (Wildman–Crippen LogP) is 3.46. The third-order valence-corrected chi connectivity index (χ3v) is 4.60. The molecule has 114 valence electrons. The zero-order chi connectivity index (χ0) is 15.9. The number of fused-ring (bicyclic) bond motifs is 3. The highest BCUT2D eigenvalue weighted by Gasteiger charge is 2.40. The van der Waals surface area contributed by atoms with Crippen molar-refractivity contribution in [2.75, 3.05) is 7.11 Å². The quantitative estimate of drug-likeness (QED) is 0.942. The van der Waals surface area contributed by atoms with Gasteiger partial charge in [0.15, 0.2) is 5.78 Å². The van der Waals surface area contributed by atoms with Crippen LogP contribution in [0.15, 0.2) is 30.3 Å². The summed E-state index contributed by atoms with van der Waals surface area (Å²) < 4.78 is 5.23. The fourth-order valence-electron chi connectivity index (χ4n) is 3.32. The van der Waals surface area contributed by atoms with E-state index >= 15 is 0 Å². The predicted molar refractivity (Wildman–Crippen MR) is 83.5 cm³/mol. The molecule has 0 amide bonds. The summed E-state index contributed by atoms with van der Waals surface area (Å²) in [6.07, 6.45) is 1.16. The SMILES string of the molecule is COc1ccc2c3c(ccc2c1)C(=O)[C@@](C)(CC(=O)O)CC3. The smallest absolute Gasteiger partial charge is 0.304 e. The summed E-state index contributed by atoms with van der Waals surface area (Å²) in [5.74, 6) is -0.205. The van der Waals surface area contributed by atoms with Gasteiger partial charge in [-0.3, -0.25) is 9.59 Å². The molecule has 0 unspecified atom stereocenters. The van der Waals surface area contributed by atoms with Crippen molar-refractivity contribution in [2.24, 2.45) is 5.41 Å². The molecule has 0 heterocycles. The van der Waals surface area contributed by atoms with E-state index in [-0.39, 0.29) is 12.2 Å². The van der Waals surface area contributed by atoms with E-state index in [2.05, 4.69) is 0 Å². The summed E-state index contributed by atoms with van der Waals surface area (Å²) >= 11 is 0. The number of ether oxygens (including phenoxy) is 1. The van der Waals surface area contributed by atoms with Gasteiger partial charge in [0.25, 0.3) is 0 Å². The summed E-state index contributed by atoms with van der Waals surface area (Å²) in [4.78, 5) is 23.8. The Bertz CT molecular complexity index is 778. The minimum Gasteiger partial charge on any atom is -0.497 e. The van der Waals surface area contributed by atoms with Gasteiger partial charge >= 0.3 is 5.97 Å². The molecule has 0 radical (unpaired) electrons. The van der Waals surface area contributed by atoms with Gasteiger partial charge in [0.1, 0.15) is 5.75 Å². The van der Waals surface area contributed by atoms with Crippen molar-refractivity contribution in [3.8, 4) is 5.75 Å². The largest absolute Gasteiger partial charge is 0.497 e. The van der Waals surface area contributed by atoms with Gasteiger partial charge in [0.05, 0.1) is 13.5 Å². The average molecular weight is 298 g/mol. The van der Waals surface area contributed by atoms with Crippen LogP contribution in [0.5, 0.6) is 5.75 Å². The number of hydrogen-bond acceptors (Lipinski definition) is 3. The maximum atomic E-state index is 12.8. The third-order valence-electron chi connectivity index (χ3n) is 4.60. The highest BCUT2D eigenvalue weighted by atomic mass is 16.5. The Hall–Kier alpha value is -2.36. The van der Waals surface area contributed by atoms with E-state index in [0.717, 1.165) is 22.1 Å². The van der Waals surface area contributed by atoms with Gasteiger partial charge < -0.3 is 9.84 Å². The molecule has 2 aromatic rings. The fraction of sp³-hybridized carbons (Fsp3) is 0.333. The van der Waals surface area contributed by atoms with Crippen LogP contribution in [0.4, 0.5) is 0 Å². The molecule has 1 atom stereocenters. The third kappa shape index (κ3) is 2.25. The Labute approximate surface area is 128 Å². The molecular weight excluding hydrogens is 280 g/mol. The number of carboxylic acid groups (broad SMARTS) is 1. The highest BCUT2D eigenvalue weighted by molar-refractivity contribution is 6.07. The number of ketones is 1. The number of aliphatic carboxylic acids is 1. The summed E-state index contributed by atoms with van der Waals surface area (Å²) in [6, 6.07) is 9.53. The first-order valence-electron chi connectivity index (χ1n) is 7.31. The molecule has 0 saturated heterocycles. The Morgan fingerprint density at radius 1 is 1.32 bits per heavy atom. The van der Waals surface area contributed by atoms with Crippen LogP contribution >= 0.6 is 0 Å². The maximum Gasteiger partial charge on any atom is 0.304 e. The lowest BCUT2D eigenvalue weighted by Crippen LogP contribution is -2.35. The number of carboxylic acids is 1. The first-order chi connectivity index (χ1) is 10.4. The molecule has 0 aromatic heterocycles. The van der Waals surface area contributed by atoms with Crippen LogP contribution in [0.25, 0.3) is 10.8 Å². The minimum absolute atomic E-state index is 0.0612. The van der Waals surface area contributed by atoms with Gasteiger partial charge in [0, 0.05) is 11.0 Å². The molecule has 3 rings (SSSR count). The molecule has 0 aliphatic heterocycles. The lowest BCUT2D eigenvalue weighted by atomic mass is 9.69. The number of hydrogen-bond donors (Lipinski definition) is 1. The van der Waals surface area contributed by atoms with Crippen molar-refractivity contribution in [1.82, 2.24) is 0 Å². The van der Waals surface area contributed by atoms with E-state index in [9.17, 15) is 9.59 Å². The molecular formula is C18H18O4. The van der Waals surface area contributed by atoms with Gasteiger partial charge in [-0.2, -0.15) is 0 Å². The zero-order valence-corrected chi connectivity index (χ0v) is 12.7. The van der Waals surface area contributed by atoms with Gasteiger partial charge in [-0.15, -0.1) is 0 Å². The van der Waals surface area contributed by atoms with E-state index in [0.29, 0.717) is 18.4 Å². The van der Waals surface area contributed by atoms with Crippen LogP contribution in [0, 0.1) is 5.41 Å². The summed E-state index contributed by atoms with van der Waals surface area (Å²) in [5, 5.41) is 11.1. The van der Waals surface area contributed by atoms with E-state index in [1.807, 2.05) is 30.3 Å². The van der Waals surface area contributed by atoms with Crippen molar-refractivity contribution in [1.29, 1.82) is 0 Å². The van der Waals surface area contributed by atoms with E-state index in [4.69, 9.17) is 9.84 Å². The summed E-state index contributed by atoms with van der Waals surface area (Å²) in [7, 11) is 1.63. The highest BCUT2D eigenvalue weighted by Crippen LogP contribution is 2.40. The Morgan fingerprint density at radius 2 is 2.09 bits per heavy atom. The van der Waals surface area contributed by atoms with Crippen LogP contribution in [-0.2, 0) is 11.2 Å². The molecule has 0 saturated carbocycles. The second-order valence-corrected chi connectivity index (χ2v) is 6.14. The molecule has 0 spiro atoms. The summed E-state index contributed by atoms with van der Waals surface area (Å²) in [6.45, 7) is 1.75. The lowest BCUT2D eigenvalue weighted by Gasteiger charge is -2.32. The molecule has 1 N–H and O–H groups in total. The second-order valence-electron chi connectivity index (χ2n) is 6.14. The van der Waals surface area contributed by atoms with Crippen LogP contribution in [0.1, 0.15) is 35.7 Å². The van der Waals surface area contributed by atoms with Crippen LogP contribution in [0.3, 0.4) is 0 Å². The first-order valence-corrected chi connectivity index (χ1v) is 7.31. The van der Waals surface area contributed by atoms with Gasteiger partial charge in [-0.25, -0.2) is 0 Å². The van der Waals surface area contributed by atoms with Crippen LogP contribution in [0.2, 0.25) is 0 Å². The van der Waals surface area contributed by atoms with Gasteiger partial charge in [-0.05, 0) is 41.3 Å². The maximum absolute atomic E-state index is 12.8. The number of benzene rings is 2. The molecule has 0 bridgehead atoms. The minimum atomic E-state index is -0.926. The lowest BCUT2D eigenvalue weighted by molar-refractivity contribution is -0.139. The first kappa shape index (κ1) is 14.6. The molecule has 2 aromatic carbocycles. The molecule has 1 aliphatic carbocycles. The Morgan fingerprint density at radius 3 is 2.77 bits per heavy atom. The number of carbonyl (C=O) groups excluding carboxylic acids is 1. The van der Waals surface area contributed by atoms with Crippen molar-refractivity contribution in [3.63, 3.8) is 0 Å². The van der Waals surface area contributed by atoms with Crippen molar-refractivity contribution in [3.05, 3.63) is 41.5 Å². The summed E-state index contributed by atoms with van der Waals surface area (Å²) in [5.41, 5.74) is 0.875. The van der Waals surface area contributed by atoms with E-state index < -0.39 is 11.4 Å². The Kier molecular flexibility index (Phi) is 3.39. The van der Waals surface area contributed by atoms with E-state index in [1.165, 1.54) is 0 Å². The number of carbonyl (C=O) groups is 2. The van der Waals surface area contributed by atoms with Crippen LogP contribution < -0.4 is 4.74 Å². The zero-order valence-electron chi connectivity index (χ0n) is 12.7. The van der Waals surface area contributed by atoms with Gasteiger partial charge in [-0.1, -0.05) is 25.1 Å². The van der Waals surface area contributed by atoms with E-state index in [1.54, 1.807) is 14.0 Å². The van der Waals surface area contributed by atoms with Crippen molar-refractivity contribution < 1.29 is 19.4 Å². The number of rotatable bonds is 3. The molecule has 4 nitrogen and oxygen atoms in total. The normalized spacial score (nSPS) is 20.7. The standard InChI is InChI=1S/C18H18O4/c1-18(10-16(19)20)8-7-14-13-6-4-12(22-2)9-11(13)3-5-15(14)17(18)21/h3-6,9H,7-8,10H2,1-2H3,(H,19,20)/t18-/m1/s1. The fourth-order valence-corrected chi connectivity index (χ4v) is 3.32. The molecule has 1 aliphatic rings. The number of aryl methyl sites for hydroxylation is 1. The topological polar surface area (TPSA) is 63.6 Å². The number of methoxy groups -OCH3 is 1. The average Bonchev–Trinajstić information content (AvgIpc) is 2.49. The Balaban J connectivity index is 2.11. The van der Waals surface area contributed by atoms with Crippen LogP contribution in [-0.4, -0.2) is 24.0 Å². The molecule has 22 heavy (non-hydrogen) atoms. The molecule has 0 fully saturated rings.